The van der Waals surface area contributed by atoms with Crippen molar-refractivity contribution in [2.45, 2.75) is 36.9 Å². The molecule has 0 bridgehead atoms. The molecule has 178 valence electrons. The first-order valence-electron chi connectivity index (χ1n) is 10.9. The first-order valence-corrected chi connectivity index (χ1v) is 13.2. The molecule has 0 saturated heterocycles. The van der Waals surface area contributed by atoms with E-state index < -0.39 is 34.5 Å². The van der Waals surface area contributed by atoms with Gasteiger partial charge in [0.25, 0.3) is 15.9 Å². The van der Waals surface area contributed by atoms with Gasteiger partial charge in [0.1, 0.15) is 4.21 Å². The van der Waals surface area contributed by atoms with Gasteiger partial charge in [0.2, 0.25) is 0 Å². The molecule has 3 aromatic rings. The third-order valence-electron chi connectivity index (χ3n) is 6.02. The van der Waals surface area contributed by atoms with E-state index in [1.54, 1.807) is 23.6 Å². The molecular weight excluding hydrogens is 472 g/mol. The molecule has 2 aromatic carbocycles. The Balaban J connectivity index is 1.47. The summed E-state index contributed by atoms with van der Waals surface area (Å²) in [5.41, 5.74) is 4.43. The highest BCUT2D eigenvalue weighted by molar-refractivity contribution is 7.91. The number of fused-ring (bicyclic) bond motifs is 1. The van der Waals surface area contributed by atoms with Gasteiger partial charge in [-0.05, 0) is 60.0 Å². The maximum Gasteiger partial charge on any atom is 0.308 e. The molecule has 0 spiro atoms. The average molecular weight is 499 g/mol. The fourth-order valence-corrected chi connectivity index (χ4v) is 6.81. The lowest BCUT2D eigenvalue weighted by Crippen LogP contribution is -2.41. The molecule has 34 heavy (non-hydrogen) atoms. The molecule has 9 heteroatoms. The molecule has 0 radical (unpaired) electrons. The van der Waals surface area contributed by atoms with Crippen LogP contribution in [-0.4, -0.2) is 37.8 Å². The molecule has 0 aliphatic carbocycles. The minimum Gasteiger partial charge on any atom is -0.456 e. The molecule has 1 aliphatic rings. The number of carbonyl (C=O) groups excluding carboxylic acids is 2. The lowest BCUT2D eigenvalue weighted by atomic mass is 9.92. The van der Waals surface area contributed by atoms with Crippen LogP contribution in [0.15, 0.2) is 64.2 Å². The van der Waals surface area contributed by atoms with Crippen LogP contribution >= 0.6 is 11.3 Å². The summed E-state index contributed by atoms with van der Waals surface area (Å²) in [4.78, 5) is 25.1. The van der Waals surface area contributed by atoms with Gasteiger partial charge in [-0.2, -0.15) is 4.31 Å². The lowest BCUT2D eigenvalue weighted by molar-refractivity contribution is -0.148. The largest absolute Gasteiger partial charge is 0.456 e. The van der Waals surface area contributed by atoms with E-state index in [4.69, 9.17) is 4.74 Å². The molecule has 7 nitrogen and oxygen atoms in total. The Morgan fingerprint density at radius 3 is 2.65 bits per heavy atom. The topological polar surface area (TPSA) is 92.8 Å². The predicted octanol–water partition coefficient (Wildman–Crippen LogP) is 4.23. The number of aryl methyl sites for hydroxylation is 1. The van der Waals surface area contributed by atoms with Gasteiger partial charge >= 0.3 is 5.97 Å². The van der Waals surface area contributed by atoms with Crippen LogP contribution in [0.1, 0.15) is 34.7 Å². The molecule has 2 heterocycles. The number of rotatable bonds is 7. The highest BCUT2D eigenvalue weighted by Gasteiger charge is 2.38. The van der Waals surface area contributed by atoms with Crippen molar-refractivity contribution < 1.29 is 22.7 Å². The number of ether oxygens (including phenoxy) is 1. The van der Waals surface area contributed by atoms with E-state index in [0.717, 1.165) is 33.6 Å². The van der Waals surface area contributed by atoms with Crippen LogP contribution in [0.4, 0.5) is 5.69 Å². The van der Waals surface area contributed by atoms with Crippen LogP contribution in [0.25, 0.3) is 0 Å². The van der Waals surface area contributed by atoms with Gasteiger partial charge in [-0.25, -0.2) is 8.42 Å². The molecule has 0 saturated carbocycles. The average Bonchev–Trinajstić information content (AvgIpc) is 3.37. The third kappa shape index (κ3) is 5.06. The molecule has 1 atom stereocenters. The second-order valence-corrected chi connectivity index (χ2v) is 11.2. The maximum atomic E-state index is 13.3. The number of benzene rings is 2. The van der Waals surface area contributed by atoms with Gasteiger partial charge in [-0.1, -0.05) is 42.5 Å². The lowest BCUT2D eigenvalue weighted by Gasteiger charge is -2.35. The van der Waals surface area contributed by atoms with Crippen LogP contribution in [0.5, 0.6) is 0 Å². The smallest absolute Gasteiger partial charge is 0.308 e. The summed E-state index contributed by atoms with van der Waals surface area (Å²) >= 11 is 1.14. The summed E-state index contributed by atoms with van der Waals surface area (Å²) in [6, 6.07) is 15.6. The van der Waals surface area contributed by atoms with Gasteiger partial charge in [-0.3, -0.25) is 9.59 Å². The van der Waals surface area contributed by atoms with Gasteiger partial charge in [0.15, 0.2) is 6.61 Å². The molecule has 1 N–H and O–H groups in total. The van der Waals surface area contributed by atoms with Crippen LogP contribution in [0.3, 0.4) is 0 Å². The van der Waals surface area contributed by atoms with Crippen molar-refractivity contribution in [1.82, 2.24) is 4.31 Å². The van der Waals surface area contributed by atoms with Crippen molar-refractivity contribution in [2.75, 3.05) is 18.5 Å². The number of esters is 1. The molecule has 1 aromatic heterocycles. The molecular formula is C25H26N2O5S2. The molecule has 0 fully saturated rings. The van der Waals surface area contributed by atoms with Gasteiger partial charge in [0.05, 0.1) is 12.5 Å². The number of thiophene rings is 1. The number of amides is 1. The van der Waals surface area contributed by atoms with Crippen LogP contribution in [-0.2, 0) is 30.8 Å². The summed E-state index contributed by atoms with van der Waals surface area (Å²) in [7, 11) is -3.77. The fourth-order valence-electron chi connectivity index (χ4n) is 4.09. The fraction of sp³-hybridized carbons (Fsp3) is 0.280. The summed E-state index contributed by atoms with van der Waals surface area (Å²) < 4.78 is 33.5. The summed E-state index contributed by atoms with van der Waals surface area (Å²) in [5.74, 6) is -1.08. The van der Waals surface area contributed by atoms with Crippen molar-refractivity contribution in [3.8, 4) is 0 Å². The normalized spacial score (nSPS) is 16.0. The Hall–Kier alpha value is -3.01. The minimum atomic E-state index is -3.77. The molecule has 4 rings (SSSR count). The standard InChI is InChI=1S/C25H26N2O5S2/c1-17-7-5-10-21(18(17)2)26-23(28)16-32-24(29)15-22-20-9-4-3-8-19(20)12-13-27(22)34(30,31)25-11-6-14-33-25/h3-11,14,22H,12-13,15-16H2,1-2H3,(H,26,28)/t22-/m0/s1. The number of hydrogen-bond donors (Lipinski definition) is 1. The number of nitrogens with one attached hydrogen (secondary N) is 1. The Kier molecular flexibility index (Phi) is 7.16. The number of nitrogens with zero attached hydrogens (tertiary/aromatic N) is 1. The van der Waals surface area contributed by atoms with Crippen molar-refractivity contribution in [1.29, 1.82) is 0 Å². The van der Waals surface area contributed by atoms with E-state index in [2.05, 4.69) is 5.32 Å². The monoisotopic (exact) mass is 498 g/mol. The van der Waals surface area contributed by atoms with Crippen LogP contribution in [0.2, 0.25) is 0 Å². The maximum absolute atomic E-state index is 13.3. The van der Waals surface area contributed by atoms with Crippen molar-refractivity contribution in [2.24, 2.45) is 0 Å². The second-order valence-electron chi connectivity index (χ2n) is 8.17. The molecule has 0 unspecified atom stereocenters. The summed E-state index contributed by atoms with van der Waals surface area (Å²) in [6.45, 7) is 3.67. The van der Waals surface area contributed by atoms with Crippen LogP contribution < -0.4 is 5.32 Å². The number of carbonyl (C=O) groups is 2. The highest BCUT2D eigenvalue weighted by atomic mass is 32.2. The molecule has 1 amide bonds. The van der Waals surface area contributed by atoms with E-state index in [-0.39, 0.29) is 17.2 Å². The zero-order valence-corrected chi connectivity index (χ0v) is 20.6. The number of anilines is 1. The Labute approximate surface area is 203 Å². The van der Waals surface area contributed by atoms with Gasteiger partial charge < -0.3 is 10.1 Å². The van der Waals surface area contributed by atoms with Gasteiger partial charge in [-0.15, -0.1) is 11.3 Å². The van der Waals surface area contributed by atoms with Crippen molar-refractivity contribution in [3.63, 3.8) is 0 Å². The summed E-state index contributed by atoms with van der Waals surface area (Å²) in [5, 5.41) is 4.47. The Morgan fingerprint density at radius 2 is 1.88 bits per heavy atom. The zero-order valence-electron chi connectivity index (χ0n) is 19.0. The SMILES string of the molecule is Cc1cccc(NC(=O)COC(=O)C[C@H]2c3ccccc3CCN2S(=O)(=O)c2cccs2)c1C. The Bertz CT molecular complexity index is 1300. The predicted molar refractivity (Wildman–Crippen MR) is 131 cm³/mol. The second kappa shape index (κ2) is 10.1. The Morgan fingerprint density at radius 1 is 1.09 bits per heavy atom. The van der Waals surface area contributed by atoms with E-state index in [1.807, 2.05) is 50.2 Å². The minimum absolute atomic E-state index is 0.182. The first-order chi connectivity index (χ1) is 16.3. The van der Waals surface area contributed by atoms with Crippen molar-refractivity contribution in [3.05, 3.63) is 82.2 Å². The van der Waals surface area contributed by atoms with E-state index >= 15 is 0 Å². The number of hydrogen-bond acceptors (Lipinski definition) is 6. The molecule has 1 aliphatic heterocycles. The van der Waals surface area contributed by atoms with Gasteiger partial charge in [0, 0.05) is 12.2 Å². The van der Waals surface area contributed by atoms with E-state index in [9.17, 15) is 18.0 Å². The number of sulfonamides is 1. The first kappa shape index (κ1) is 24.1. The van der Waals surface area contributed by atoms with Crippen molar-refractivity contribution >= 4 is 38.9 Å². The summed E-state index contributed by atoms with van der Waals surface area (Å²) in [6.07, 6.45) is 0.378. The van der Waals surface area contributed by atoms with E-state index in [0.29, 0.717) is 12.1 Å². The third-order valence-corrected chi connectivity index (χ3v) is 9.31. The van der Waals surface area contributed by atoms with E-state index in [1.165, 1.54) is 4.31 Å². The van der Waals surface area contributed by atoms with Crippen LogP contribution in [0, 0.1) is 13.8 Å². The zero-order chi connectivity index (χ0) is 24.3. The quantitative estimate of drug-likeness (QED) is 0.492. The highest BCUT2D eigenvalue weighted by Crippen LogP contribution is 2.37.